The van der Waals surface area contributed by atoms with E-state index < -0.39 is 0 Å². The molecule has 0 aliphatic heterocycles. The van der Waals surface area contributed by atoms with Crippen LogP contribution in [0.15, 0.2) is 12.3 Å². The number of likely N-dealkylation sites (N-methyl/N-ethyl adjacent to an activating group) is 1. The van der Waals surface area contributed by atoms with Crippen LogP contribution in [0, 0.1) is 5.92 Å². The topological polar surface area (TPSA) is 84.1 Å². The molecule has 0 atom stereocenters. The van der Waals surface area contributed by atoms with Crippen molar-refractivity contribution in [3.05, 3.63) is 17.8 Å². The van der Waals surface area contributed by atoms with Gasteiger partial charge in [0.2, 0.25) is 5.91 Å². The van der Waals surface area contributed by atoms with Gasteiger partial charge in [-0.15, -0.1) is 5.10 Å². The van der Waals surface area contributed by atoms with Gasteiger partial charge in [-0.1, -0.05) is 26.1 Å². The molecule has 104 valence electrons. The molecule has 0 radical (unpaired) electrons. The monoisotopic (exact) mass is 281 g/mol. The summed E-state index contributed by atoms with van der Waals surface area (Å²) in [6.45, 7) is 4.91. The summed E-state index contributed by atoms with van der Waals surface area (Å²) in [6.07, 6.45) is 1.52. The van der Waals surface area contributed by atoms with Gasteiger partial charge in [-0.3, -0.25) is 4.79 Å². The molecule has 0 saturated carbocycles. The number of nitrogens with zero attached hydrogens (tertiary/aromatic N) is 3. The average Bonchev–Trinajstić information content (AvgIpc) is 2.36. The van der Waals surface area contributed by atoms with E-state index in [0.29, 0.717) is 23.8 Å². The highest BCUT2D eigenvalue weighted by Gasteiger charge is 2.14. The fourth-order valence-electron chi connectivity index (χ4n) is 1.46. The van der Waals surface area contributed by atoms with E-state index in [9.17, 15) is 4.79 Å². The van der Waals surface area contributed by atoms with Crippen molar-refractivity contribution in [3.63, 3.8) is 0 Å². The first-order chi connectivity index (χ1) is 8.91. The van der Waals surface area contributed by atoms with E-state index in [1.165, 1.54) is 6.20 Å². The zero-order valence-corrected chi connectivity index (χ0v) is 12.2. The Bertz CT molecular complexity index is 463. The molecule has 1 aromatic heterocycles. The smallest absolute Gasteiger partial charge is 0.239 e. The van der Waals surface area contributed by atoms with Gasteiger partial charge in [0.1, 0.15) is 4.99 Å². The lowest BCUT2D eigenvalue weighted by Crippen LogP contribution is -2.38. The van der Waals surface area contributed by atoms with Crippen molar-refractivity contribution < 1.29 is 4.79 Å². The Labute approximate surface area is 118 Å². The molecular weight excluding hydrogens is 262 g/mol. The highest BCUT2D eigenvalue weighted by molar-refractivity contribution is 7.80. The zero-order chi connectivity index (χ0) is 14.4. The second-order valence-electron chi connectivity index (χ2n) is 4.69. The van der Waals surface area contributed by atoms with E-state index in [1.807, 2.05) is 13.8 Å². The van der Waals surface area contributed by atoms with Gasteiger partial charge in [0.25, 0.3) is 0 Å². The molecule has 0 aliphatic rings. The summed E-state index contributed by atoms with van der Waals surface area (Å²) in [5.74, 6) is 0.850. The normalized spacial score (nSPS) is 10.3. The van der Waals surface area contributed by atoms with Gasteiger partial charge in [0.15, 0.2) is 5.82 Å². The number of thiocarbonyl (C=S) groups is 1. The minimum Gasteiger partial charge on any atom is -0.389 e. The van der Waals surface area contributed by atoms with Crippen LogP contribution >= 0.6 is 12.2 Å². The molecule has 0 unspecified atom stereocenters. The minimum atomic E-state index is -0.0734. The van der Waals surface area contributed by atoms with Gasteiger partial charge in [-0.05, 0) is 12.0 Å². The number of nitrogens with two attached hydrogens (primary N) is 1. The van der Waals surface area contributed by atoms with E-state index in [1.54, 1.807) is 18.0 Å². The lowest BCUT2D eigenvalue weighted by molar-refractivity contribution is -0.119. The summed E-state index contributed by atoms with van der Waals surface area (Å²) >= 11 is 4.95. The van der Waals surface area contributed by atoms with Crippen LogP contribution in [0.5, 0.6) is 0 Å². The fraction of sp³-hybridized carbons (Fsp3) is 0.500. The molecule has 1 amide bonds. The second-order valence-corrected chi connectivity index (χ2v) is 5.13. The van der Waals surface area contributed by atoms with Crippen LogP contribution in [0.25, 0.3) is 0 Å². The number of aromatic nitrogens is 2. The van der Waals surface area contributed by atoms with E-state index in [2.05, 4.69) is 15.5 Å². The Kier molecular flexibility index (Phi) is 5.62. The van der Waals surface area contributed by atoms with E-state index in [-0.39, 0.29) is 17.4 Å². The number of hydrogen-bond donors (Lipinski definition) is 2. The number of nitrogens with one attached hydrogen (secondary N) is 1. The van der Waals surface area contributed by atoms with Crippen LogP contribution in [-0.2, 0) is 4.79 Å². The lowest BCUT2D eigenvalue weighted by atomic mass is 10.2. The second kappa shape index (κ2) is 6.98. The van der Waals surface area contributed by atoms with E-state index >= 15 is 0 Å². The number of rotatable bonds is 6. The molecule has 19 heavy (non-hydrogen) atoms. The van der Waals surface area contributed by atoms with E-state index in [0.717, 1.165) is 0 Å². The van der Waals surface area contributed by atoms with Crippen LogP contribution in [-0.4, -0.2) is 41.2 Å². The fourth-order valence-corrected chi connectivity index (χ4v) is 1.62. The molecule has 0 aromatic carbocycles. The molecule has 0 aliphatic carbocycles. The summed E-state index contributed by atoms with van der Waals surface area (Å²) in [5, 5.41) is 10.6. The highest BCUT2D eigenvalue weighted by Crippen LogP contribution is 2.13. The van der Waals surface area contributed by atoms with Crippen molar-refractivity contribution in [1.82, 2.24) is 15.5 Å². The molecular formula is C12H19N5OS. The molecule has 0 spiro atoms. The quantitative estimate of drug-likeness (QED) is 0.731. The Hall–Kier alpha value is -1.76. The summed E-state index contributed by atoms with van der Waals surface area (Å²) in [6, 6.07) is 1.69. The van der Waals surface area contributed by atoms with Crippen LogP contribution < -0.4 is 16.0 Å². The molecule has 0 fully saturated rings. The van der Waals surface area contributed by atoms with Crippen LogP contribution in [0.3, 0.4) is 0 Å². The molecule has 3 N–H and O–H groups in total. The molecule has 6 nitrogen and oxygen atoms in total. The van der Waals surface area contributed by atoms with Crippen molar-refractivity contribution in [2.45, 2.75) is 13.8 Å². The number of anilines is 1. The Morgan fingerprint density at radius 2 is 2.26 bits per heavy atom. The van der Waals surface area contributed by atoms with Crippen molar-refractivity contribution in [3.8, 4) is 0 Å². The molecule has 1 heterocycles. The SMILES string of the molecule is CC(C)CNC(=O)CN(C)c1nnccc1C(N)=S. The van der Waals surface area contributed by atoms with Crippen molar-refractivity contribution in [2.24, 2.45) is 11.7 Å². The molecule has 1 rings (SSSR count). The third-order valence-corrected chi connectivity index (χ3v) is 2.64. The maximum absolute atomic E-state index is 11.7. The Balaban J connectivity index is 2.70. The molecule has 1 aromatic rings. The number of hydrogen-bond acceptors (Lipinski definition) is 5. The predicted octanol–water partition coefficient (Wildman–Crippen LogP) is 0.319. The third kappa shape index (κ3) is 4.78. The number of amides is 1. The van der Waals surface area contributed by atoms with Crippen molar-refractivity contribution >= 4 is 28.9 Å². The Morgan fingerprint density at radius 1 is 1.58 bits per heavy atom. The first kappa shape index (κ1) is 15.3. The van der Waals surface area contributed by atoms with E-state index in [4.69, 9.17) is 18.0 Å². The number of carbonyl (C=O) groups excluding carboxylic acids is 1. The van der Waals surface area contributed by atoms with Crippen molar-refractivity contribution in [2.75, 3.05) is 25.0 Å². The van der Waals surface area contributed by atoms with Crippen LogP contribution in [0.1, 0.15) is 19.4 Å². The van der Waals surface area contributed by atoms with Gasteiger partial charge in [-0.2, -0.15) is 5.10 Å². The summed E-state index contributed by atoms with van der Waals surface area (Å²) in [7, 11) is 1.75. The molecule has 0 bridgehead atoms. The first-order valence-electron chi connectivity index (χ1n) is 6.01. The van der Waals surface area contributed by atoms with Crippen LogP contribution in [0.2, 0.25) is 0 Å². The third-order valence-electron chi connectivity index (χ3n) is 2.42. The van der Waals surface area contributed by atoms with Gasteiger partial charge in [0, 0.05) is 13.6 Å². The molecule has 0 saturated heterocycles. The summed E-state index contributed by atoms with van der Waals surface area (Å²) in [4.78, 5) is 13.7. The van der Waals surface area contributed by atoms with Gasteiger partial charge >= 0.3 is 0 Å². The maximum Gasteiger partial charge on any atom is 0.239 e. The Morgan fingerprint density at radius 3 is 2.84 bits per heavy atom. The highest BCUT2D eigenvalue weighted by atomic mass is 32.1. The first-order valence-corrected chi connectivity index (χ1v) is 6.42. The average molecular weight is 281 g/mol. The summed E-state index contributed by atoms with van der Waals surface area (Å²) in [5.41, 5.74) is 6.23. The van der Waals surface area contributed by atoms with Gasteiger partial charge in [-0.25, -0.2) is 0 Å². The van der Waals surface area contributed by atoms with Gasteiger partial charge < -0.3 is 16.0 Å². The van der Waals surface area contributed by atoms with Crippen molar-refractivity contribution in [1.29, 1.82) is 0 Å². The maximum atomic E-state index is 11.7. The zero-order valence-electron chi connectivity index (χ0n) is 11.4. The standard InChI is InChI=1S/C12H19N5OS/c1-8(2)6-14-10(18)7-17(3)12-9(11(13)19)4-5-15-16-12/h4-5,8H,6-7H2,1-3H3,(H2,13,19)(H,14,18). The minimum absolute atomic E-state index is 0.0734. The van der Waals surface area contributed by atoms with Gasteiger partial charge in [0.05, 0.1) is 18.3 Å². The predicted molar refractivity (Wildman–Crippen MR) is 79.0 cm³/mol. The molecule has 7 heteroatoms. The largest absolute Gasteiger partial charge is 0.389 e. The summed E-state index contributed by atoms with van der Waals surface area (Å²) < 4.78 is 0. The van der Waals surface area contributed by atoms with Crippen LogP contribution in [0.4, 0.5) is 5.82 Å². The lowest BCUT2D eigenvalue weighted by Gasteiger charge is -2.19. The number of carbonyl (C=O) groups is 1.